The summed E-state index contributed by atoms with van der Waals surface area (Å²) in [5.74, 6) is -1.96. The summed E-state index contributed by atoms with van der Waals surface area (Å²) in [6, 6.07) is 10.7. The number of amides is 4. The van der Waals surface area contributed by atoms with E-state index in [2.05, 4.69) is 37.9 Å². The van der Waals surface area contributed by atoms with Crippen molar-refractivity contribution in [3.8, 4) is 0 Å². The summed E-state index contributed by atoms with van der Waals surface area (Å²) in [5, 5.41) is 2.18. The molecule has 172 valence electrons. The van der Waals surface area contributed by atoms with Gasteiger partial charge in [0.25, 0.3) is 11.8 Å². The van der Waals surface area contributed by atoms with E-state index in [-0.39, 0.29) is 22.6 Å². The first kappa shape index (κ1) is 22.7. The largest absolute Gasteiger partial charge is 0.366 e. The molecule has 6 nitrogen and oxygen atoms in total. The molecule has 2 aromatic carbocycles. The maximum atomic E-state index is 15.3. The van der Waals surface area contributed by atoms with E-state index in [4.69, 9.17) is 0 Å². The van der Waals surface area contributed by atoms with Gasteiger partial charge in [-0.2, -0.15) is 0 Å². The first-order valence-corrected chi connectivity index (χ1v) is 11.2. The number of carbonyl (C=O) groups excluding carboxylic acids is 3. The predicted octanol–water partition coefficient (Wildman–Crippen LogP) is 4.99. The molecule has 7 heteroatoms. The molecule has 2 aliphatic rings. The molecular weight excluding hydrogens is 421 g/mol. The minimum atomic E-state index is -0.837. The van der Waals surface area contributed by atoms with E-state index in [1.807, 2.05) is 0 Å². The van der Waals surface area contributed by atoms with Gasteiger partial charge in [0, 0.05) is 23.3 Å². The van der Waals surface area contributed by atoms with Crippen molar-refractivity contribution in [2.24, 2.45) is 0 Å². The molecule has 0 bridgehead atoms. The molecular formula is C26H28FN3O3. The van der Waals surface area contributed by atoms with Crippen molar-refractivity contribution in [2.75, 3.05) is 16.3 Å². The van der Waals surface area contributed by atoms with Crippen LogP contribution in [0.5, 0.6) is 0 Å². The standard InChI is InChI=1S/C26H28FN3O3/c1-5-11-29-22-14-21(27)17(12-19(22)16(2)15-26(29,3)4)13-20-23(31)28-25(33)30(24(20)32)18-9-7-6-8-10-18/h6-10,12-14,16H,5,11,15H2,1-4H3,(H,28,31,33)/b20-13-. The number of carbonyl (C=O) groups is 3. The molecule has 33 heavy (non-hydrogen) atoms. The van der Waals surface area contributed by atoms with Crippen LogP contribution in [0.2, 0.25) is 0 Å². The van der Waals surface area contributed by atoms with Gasteiger partial charge in [-0.3, -0.25) is 14.9 Å². The number of para-hydroxylation sites is 1. The fraction of sp³-hybridized carbons (Fsp3) is 0.346. The molecule has 0 spiro atoms. The Morgan fingerprint density at radius 3 is 2.52 bits per heavy atom. The highest BCUT2D eigenvalue weighted by Crippen LogP contribution is 2.44. The molecule has 0 radical (unpaired) electrons. The number of benzene rings is 2. The Balaban J connectivity index is 1.78. The predicted molar refractivity (Wildman–Crippen MR) is 127 cm³/mol. The Morgan fingerprint density at radius 2 is 1.85 bits per heavy atom. The molecule has 0 aromatic heterocycles. The average molecular weight is 450 g/mol. The fourth-order valence-corrected chi connectivity index (χ4v) is 4.90. The molecule has 4 rings (SSSR count). The van der Waals surface area contributed by atoms with Gasteiger partial charge in [-0.25, -0.2) is 14.1 Å². The van der Waals surface area contributed by atoms with Crippen LogP contribution in [0.15, 0.2) is 48.0 Å². The number of fused-ring (bicyclic) bond motifs is 1. The third-order valence-corrected chi connectivity index (χ3v) is 6.37. The van der Waals surface area contributed by atoms with E-state index in [1.165, 1.54) is 12.1 Å². The number of nitrogens with one attached hydrogen (secondary N) is 1. The van der Waals surface area contributed by atoms with Crippen molar-refractivity contribution in [3.05, 3.63) is 65.0 Å². The van der Waals surface area contributed by atoms with Crippen LogP contribution in [-0.4, -0.2) is 29.9 Å². The van der Waals surface area contributed by atoms with Crippen molar-refractivity contribution < 1.29 is 18.8 Å². The fourth-order valence-electron chi connectivity index (χ4n) is 4.90. The van der Waals surface area contributed by atoms with Gasteiger partial charge < -0.3 is 4.90 Å². The van der Waals surface area contributed by atoms with Crippen molar-refractivity contribution in [2.45, 2.75) is 52.0 Å². The van der Waals surface area contributed by atoms with Crippen LogP contribution >= 0.6 is 0 Å². The first-order valence-electron chi connectivity index (χ1n) is 11.2. The van der Waals surface area contributed by atoms with E-state index in [0.717, 1.165) is 35.5 Å². The number of hydrogen-bond acceptors (Lipinski definition) is 4. The lowest BCUT2D eigenvalue weighted by Crippen LogP contribution is -2.54. The second kappa shape index (κ2) is 8.46. The second-order valence-electron chi connectivity index (χ2n) is 9.30. The lowest BCUT2D eigenvalue weighted by molar-refractivity contribution is -0.122. The third-order valence-electron chi connectivity index (χ3n) is 6.37. The number of imide groups is 2. The number of barbiturate groups is 1. The molecule has 0 aliphatic carbocycles. The van der Waals surface area contributed by atoms with Crippen LogP contribution in [0.1, 0.15) is 57.6 Å². The minimum Gasteiger partial charge on any atom is -0.366 e. The number of nitrogens with zero attached hydrogens (tertiary/aromatic N) is 2. The number of halogens is 1. The average Bonchev–Trinajstić information content (AvgIpc) is 2.75. The number of rotatable bonds is 4. The van der Waals surface area contributed by atoms with Gasteiger partial charge in [0.1, 0.15) is 11.4 Å². The minimum absolute atomic E-state index is 0.107. The second-order valence-corrected chi connectivity index (χ2v) is 9.30. The highest BCUT2D eigenvalue weighted by Gasteiger charge is 2.38. The maximum absolute atomic E-state index is 15.3. The molecule has 1 atom stereocenters. The number of urea groups is 1. The zero-order chi connectivity index (χ0) is 23.9. The Hall–Kier alpha value is -3.48. The third kappa shape index (κ3) is 4.03. The highest BCUT2D eigenvalue weighted by molar-refractivity contribution is 6.39. The Labute approximate surface area is 193 Å². The van der Waals surface area contributed by atoms with Crippen molar-refractivity contribution in [1.29, 1.82) is 0 Å². The van der Waals surface area contributed by atoms with Crippen molar-refractivity contribution in [1.82, 2.24) is 5.32 Å². The Kier molecular flexibility index (Phi) is 5.82. The summed E-state index contributed by atoms with van der Waals surface area (Å²) in [6.45, 7) is 9.33. The van der Waals surface area contributed by atoms with Crippen LogP contribution in [0, 0.1) is 5.82 Å². The van der Waals surface area contributed by atoms with Crippen LogP contribution < -0.4 is 15.1 Å². The van der Waals surface area contributed by atoms with E-state index >= 15 is 4.39 Å². The van der Waals surface area contributed by atoms with Crippen LogP contribution in [0.25, 0.3) is 6.08 Å². The first-order chi connectivity index (χ1) is 15.6. The van der Waals surface area contributed by atoms with Gasteiger partial charge in [-0.15, -0.1) is 0 Å². The quantitative estimate of drug-likeness (QED) is 0.527. The molecule has 2 heterocycles. The molecule has 1 fully saturated rings. The van der Waals surface area contributed by atoms with Crippen LogP contribution in [0.4, 0.5) is 20.6 Å². The lowest BCUT2D eigenvalue weighted by atomic mass is 9.79. The van der Waals surface area contributed by atoms with E-state index < -0.39 is 23.7 Å². The topological polar surface area (TPSA) is 69.7 Å². The molecule has 1 N–H and O–H groups in total. The summed E-state index contributed by atoms with van der Waals surface area (Å²) in [6.07, 6.45) is 3.08. The number of hydrogen-bond donors (Lipinski definition) is 1. The van der Waals surface area contributed by atoms with Gasteiger partial charge >= 0.3 is 6.03 Å². The van der Waals surface area contributed by atoms with Gasteiger partial charge in [0.2, 0.25) is 0 Å². The smallest absolute Gasteiger partial charge is 0.335 e. The molecule has 2 aromatic rings. The monoisotopic (exact) mass is 449 g/mol. The molecule has 4 amide bonds. The van der Waals surface area contributed by atoms with Gasteiger partial charge in [-0.1, -0.05) is 32.0 Å². The molecule has 1 unspecified atom stereocenters. The summed E-state index contributed by atoms with van der Waals surface area (Å²) in [5.41, 5.74) is 1.92. The van der Waals surface area contributed by atoms with E-state index in [9.17, 15) is 14.4 Å². The van der Waals surface area contributed by atoms with Gasteiger partial charge in [-0.05, 0) is 68.5 Å². The normalized spacial score (nSPS) is 21.3. The van der Waals surface area contributed by atoms with Gasteiger partial charge in [0.05, 0.1) is 5.69 Å². The Morgan fingerprint density at radius 1 is 1.15 bits per heavy atom. The van der Waals surface area contributed by atoms with Crippen molar-refractivity contribution >= 4 is 35.3 Å². The molecule has 1 saturated heterocycles. The lowest BCUT2D eigenvalue weighted by Gasteiger charge is -2.47. The maximum Gasteiger partial charge on any atom is 0.335 e. The Bertz CT molecular complexity index is 1160. The molecule has 0 saturated carbocycles. The number of anilines is 2. The van der Waals surface area contributed by atoms with Crippen LogP contribution in [-0.2, 0) is 9.59 Å². The summed E-state index contributed by atoms with van der Waals surface area (Å²) in [4.78, 5) is 41.0. The SMILES string of the molecule is CCCN1c2cc(F)c(/C=C3/C(=O)NC(=O)N(c4ccccc4)C3=O)cc2C(C)CC1(C)C. The van der Waals surface area contributed by atoms with Crippen molar-refractivity contribution in [3.63, 3.8) is 0 Å². The highest BCUT2D eigenvalue weighted by atomic mass is 19.1. The summed E-state index contributed by atoms with van der Waals surface area (Å²) in [7, 11) is 0. The van der Waals surface area contributed by atoms with Crippen LogP contribution in [0.3, 0.4) is 0 Å². The zero-order valence-electron chi connectivity index (χ0n) is 19.3. The van der Waals surface area contributed by atoms with E-state index in [0.29, 0.717) is 5.69 Å². The zero-order valence-corrected chi connectivity index (χ0v) is 19.3. The summed E-state index contributed by atoms with van der Waals surface area (Å²) < 4.78 is 15.3. The van der Waals surface area contributed by atoms with E-state index in [1.54, 1.807) is 36.4 Å². The molecule has 2 aliphatic heterocycles. The van der Waals surface area contributed by atoms with Gasteiger partial charge in [0.15, 0.2) is 0 Å². The summed E-state index contributed by atoms with van der Waals surface area (Å²) >= 11 is 0.